The minimum atomic E-state index is 1.03. The van der Waals surface area contributed by atoms with E-state index in [1.165, 1.54) is 36.9 Å². The van der Waals surface area contributed by atoms with E-state index in [1.54, 1.807) is 0 Å². The van der Waals surface area contributed by atoms with Gasteiger partial charge in [-0.2, -0.15) is 0 Å². The van der Waals surface area contributed by atoms with Crippen LogP contribution in [0.2, 0.25) is 0 Å². The Hall–Kier alpha value is -2.37. The van der Waals surface area contributed by atoms with Crippen molar-refractivity contribution in [3.8, 4) is 0 Å². The number of likely N-dealkylation sites (tertiary alicyclic amines) is 1. The minimum absolute atomic E-state index is 1.03. The van der Waals surface area contributed by atoms with Crippen LogP contribution in [0.4, 0.5) is 5.82 Å². The average Bonchev–Trinajstić information content (AvgIpc) is 3.43. The Morgan fingerprint density at radius 1 is 0.724 bits per heavy atom. The van der Waals surface area contributed by atoms with Crippen molar-refractivity contribution < 1.29 is 0 Å². The van der Waals surface area contributed by atoms with Crippen molar-refractivity contribution in [2.24, 2.45) is 0 Å². The summed E-state index contributed by atoms with van der Waals surface area (Å²) in [6.07, 6.45) is 4.91. The van der Waals surface area contributed by atoms with Crippen LogP contribution in [-0.4, -0.2) is 65.2 Å². The number of hydrogen-bond acceptors (Lipinski definition) is 4. The molecule has 2 aliphatic heterocycles. The second kappa shape index (κ2) is 8.56. The Kier molecular flexibility index (Phi) is 5.50. The Balaban J connectivity index is 1.23. The number of rotatable bonds is 6. The second-order valence-electron chi connectivity index (χ2n) is 8.39. The molecule has 0 bridgehead atoms. The molecule has 152 valence electrons. The predicted molar refractivity (Wildman–Crippen MR) is 119 cm³/mol. The maximum absolute atomic E-state index is 5.06. The number of hydrogen-bond donors (Lipinski definition) is 0. The lowest BCUT2D eigenvalue weighted by molar-refractivity contribution is 0.249. The fourth-order valence-electron chi connectivity index (χ4n) is 4.64. The largest absolute Gasteiger partial charge is 0.354 e. The van der Waals surface area contributed by atoms with Gasteiger partial charge in [0.05, 0.1) is 0 Å². The van der Waals surface area contributed by atoms with E-state index >= 15 is 0 Å². The van der Waals surface area contributed by atoms with Gasteiger partial charge in [0.15, 0.2) is 0 Å². The van der Waals surface area contributed by atoms with Crippen LogP contribution in [-0.2, 0) is 13.1 Å². The van der Waals surface area contributed by atoms with Crippen LogP contribution in [0.5, 0.6) is 0 Å². The summed E-state index contributed by atoms with van der Waals surface area (Å²) in [5.41, 5.74) is 2.53. The molecule has 0 radical (unpaired) electrons. The molecule has 0 spiro atoms. The molecule has 5 heteroatoms. The molecule has 29 heavy (non-hydrogen) atoms. The third kappa shape index (κ3) is 4.31. The number of benzene rings is 1. The Morgan fingerprint density at radius 3 is 2.31 bits per heavy atom. The highest BCUT2D eigenvalue weighted by molar-refractivity contribution is 5.78. The van der Waals surface area contributed by atoms with Gasteiger partial charge in [-0.25, -0.2) is 4.98 Å². The van der Waals surface area contributed by atoms with Gasteiger partial charge in [-0.3, -0.25) is 4.90 Å². The molecule has 5 nitrogen and oxygen atoms in total. The zero-order chi connectivity index (χ0) is 19.5. The van der Waals surface area contributed by atoms with E-state index in [0.717, 1.165) is 57.3 Å². The van der Waals surface area contributed by atoms with Crippen LogP contribution in [0.25, 0.3) is 11.0 Å². The van der Waals surface area contributed by atoms with Crippen molar-refractivity contribution in [1.29, 1.82) is 0 Å². The lowest BCUT2D eigenvalue weighted by Gasteiger charge is -2.35. The molecule has 2 aliphatic rings. The number of aromatic nitrogens is 2. The van der Waals surface area contributed by atoms with Crippen molar-refractivity contribution in [3.63, 3.8) is 0 Å². The second-order valence-corrected chi connectivity index (χ2v) is 8.39. The van der Waals surface area contributed by atoms with Gasteiger partial charge in [-0.15, -0.1) is 0 Å². The summed E-state index contributed by atoms with van der Waals surface area (Å²) in [4.78, 5) is 12.6. The monoisotopic (exact) mass is 389 g/mol. The third-order valence-electron chi connectivity index (χ3n) is 6.40. The first kappa shape index (κ1) is 18.6. The maximum Gasteiger partial charge on any atom is 0.142 e. The summed E-state index contributed by atoms with van der Waals surface area (Å²) in [5, 5.41) is 1.25. The van der Waals surface area contributed by atoms with Gasteiger partial charge >= 0.3 is 0 Å². The standard InChI is InChI=1S/C24H31N5/c1-2-6-21(7-3-1)20-27-15-17-28(18-16-27)23-9-8-22-10-13-29(24(22)25-23)19-14-26-11-4-5-12-26/h1-3,6-10,13H,4-5,11-12,14-20H2. The van der Waals surface area contributed by atoms with Gasteiger partial charge in [-0.1, -0.05) is 30.3 Å². The summed E-state index contributed by atoms with van der Waals surface area (Å²) in [7, 11) is 0. The molecule has 5 rings (SSSR count). The molecular formula is C24H31N5. The van der Waals surface area contributed by atoms with Gasteiger partial charge in [-0.05, 0) is 49.7 Å². The lowest BCUT2D eigenvalue weighted by Crippen LogP contribution is -2.46. The highest BCUT2D eigenvalue weighted by Crippen LogP contribution is 2.21. The van der Waals surface area contributed by atoms with Gasteiger partial charge < -0.3 is 14.4 Å². The lowest BCUT2D eigenvalue weighted by atomic mass is 10.2. The fraction of sp³-hybridized carbons (Fsp3) is 0.458. The maximum atomic E-state index is 5.06. The minimum Gasteiger partial charge on any atom is -0.354 e. The normalized spacial score (nSPS) is 18.7. The Morgan fingerprint density at radius 2 is 1.52 bits per heavy atom. The van der Waals surface area contributed by atoms with Crippen LogP contribution < -0.4 is 4.90 Å². The molecular weight excluding hydrogens is 358 g/mol. The Bertz CT molecular complexity index is 921. The van der Waals surface area contributed by atoms with Crippen LogP contribution in [0.1, 0.15) is 18.4 Å². The number of fused-ring (bicyclic) bond motifs is 1. The van der Waals surface area contributed by atoms with Crippen LogP contribution in [0, 0.1) is 0 Å². The van der Waals surface area contributed by atoms with Gasteiger partial charge in [0.25, 0.3) is 0 Å². The van der Waals surface area contributed by atoms with Gasteiger partial charge in [0.1, 0.15) is 11.5 Å². The van der Waals surface area contributed by atoms with E-state index < -0.39 is 0 Å². The van der Waals surface area contributed by atoms with Gasteiger partial charge in [0.2, 0.25) is 0 Å². The molecule has 0 unspecified atom stereocenters. The SMILES string of the molecule is c1ccc(CN2CCN(c3ccc4ccn(CCN5CCCC5)c4n3)CC2)cc1. The van der Waals surface area contributed by atoms with Crippen molar-refractivity contribution in [3.05, 3.63) is 60.3 Å². The van der Waals surface area contributed by atoms with E-state index in [4.69, 9.17) is 4.98 Å². The quantitative estimate of drug-likeness (QED) is 0.645. The molecule has 0 atom stereocenters. The smallest absolute Gasteiger partial charge is 0.142 e. The molecule has 2 aromatic heterocycles. The van der Waals surface area contributed by atoms with Crippen molar-refractivity contribution in [1.82, 2.24) is 19.4 Å². The number of nitrogens with zero attached hydrogens (tertiary/aromatic N) is 5. The molecule has 0 aliphatic carbocycles. The number of pyridine rings is 1. The first-order valence-electron chi connectivity index (χ1n) is 11.0. The third-order valence-corrected chi connectivity index (χ3v) is 6.40. The molecule has 2 saturated heterocycles. The summed E-state index contributed by atoms with van der Waals surface area (Å²) in [6.45, 7) is 9.98. The van der Waals surface area contributed by atoms with Crippen LogP contribution in [0.15, 0.2) is 54.7 Å². The summed E-state index contributed by atoms with van der Waals surface area (Å²) < 4.78 is 2.34. The first-order valence-corrected chi connectivity index (χ1v) is 11.0. The summed E-state index contributed by atoms with van der Waals surface area (Å²) in [5.74, 6) is 1.12. The molecule has 4 heterocycles. The molecule has 2 fully saturated rings. The van der Waals surface area contributed by atoms with E-state index in [1.807, 2.05) is 0 Å². The molecule has 1 aromatic carbocycles. The summed E-state index contributed by atoms with van der Waals surface area (Å²) in [6, 6.07) is 17.4. The van der Waals surface area contributed by atoms with Gasteiger partial charge in [0, 0.05) is 57.4 Å². The molecule has 0 N–H and O–H groups in total. The van der Waals surface area contributed by atoms with E-state index in [2.05, 4.69) is 74.0 Å². The highest BCUT2D eigenvalue weighted by atomic mass is 15.3. The topological polar surface area (TPSA) is 27.5 Å². The Labute approximate surface area is 173 Å². The van der Waals surface area contributed by atoms with Crippen molar-refractivity contribution >= 4 is 16.9 Å². The van der Waals surface area contributed by atoms with Crippen molar-refractivity contribution in [2.45, 2.75) is 25.9 Å². The molecule has 0 amide bonds. The fourth-order valence-corrected chi connectivity index (χ4v) is 4.64. The first-order chi connectivity index (χ1) is 14.3. The van der Waals surface area contributed by atoms with E-state index in [0.29, 0.717) is 0 Å². The summed E-state index contributed by atoms with van der Waals surface area (Å²) >= 11 is 0. The number of anilines is 1. The van der Waals surface area contributed by atoms with E-state index in [-0.39, 0.29) is 0 Å². The average molecular weight is 390 g/mol. The zero-order valence-electron chi connectivity index (χ0n) is 17.2. The molecule has 3 aromatic rings. The van der Waals surface area contributed by atoms with E-state index in [9.17, 15) is 0 Å². The van der Waals surface area contributed by atoms with Crippen LogP contribution in [0.3, 0.4) is 0 Å². The zero-order valence-corrected chi connectivity index (χ0v) is 17.2. The highest BCUT2D eigenvalue weighted by Gasteiger charge is 2.19. The molecule has 0 saturated carbocycles. The van der Waals surface area contributed by atoms with Crippen molar-refractivity contribution in [2.75, 3.05) is 50.7 Å². The number of piperazine rings is 1. The predicted octanol–water partition coefficient (Wildman–Crippen LogP) is 3.45. The van der Waals surface area contributed by atoms with Crippen LogP contribution >= 0.6 is 0 Å².